The number of ether oxygens (including phenoxy) is 2. The highest BCUT2D eigenvalue weighted by Gasteiger charge is 2.17. The first-order valence-electron chi connectivity index (χ1n) is 6.87. The van der Waals surface area contributed by atoms with Gasteiger partial charge >= 0.3 is 0 Å². The highest BCUT2D eigenvalue weighted by molar-refractivity contribution is 8.00. The number of carbonyl (C=O) groups is 1. The third kappa shape index (κ3) is 3.20. The van der Waals surface area contributed by atoms with E-state index in [2.05, 4.69) is 10.3 Å². The molecule has 0 spiro atoms. The molecule has 0 bridgehead atoms. The first-order valence-corrected chi connectivity index (χ1v) is 8.97. The number of rotatable bonds is 4. The van der Waals surface area contributed by atoms with Crippen LogP contribution in [-0.4, -0.2) is 30.4 Å². The van der Waals surface area contributed by atoms with Crippen molar-refractivity contribution < 1.29 is 14.3 Å². The van der Waals surface area contributed by atoms with Gasteiger partial charge in [0.15, 0.2) is 11.5 Å². The minimum Gasteiger partial charge on any atom is -0.486 e. The summed E-state index contributed by atoms with van der Waals surface area (Å²) in [5.41, 5.74) is 1.43. The standard InChI is InChI=1S/C15H16N2O3S2/c1-9(16-14(18)11-8-22-15(17-11)21-2)10-3-4-12-13(7-10)20-6-5-19-12/h3-4,7-9H,5-6H2,1-2H3,(H,16,18)/t9-/m1/s1. The lowest BCUT2D eigenvalue weighted by Gasteiger charge is -2.21. The lowest BCUT2D eigenvalue weighted by atomic mass is 10.1. The molecule has 7 heteroatoms. The summed E-state index contributed by atoms with van der Waals surface area (Å²) < 4.78 is 12.0. The van der Waals surface area contributed by atoms with E-state index in [1.165, 1.54) is 23.1 Å². The predicted octanol–water partition coefficient (Wildman–Crippen LogP) is 3.13. The number of amides is 1. The van der Waals surface area contributed by atoms with Gasteiger partial charge in [0, 0.05) is 5.38 Å². The van der Waals surface area contributed by atoms with Crippen LogP contribution < -0.4 is 14.8 Å². The fourth-order valence-electron chi connectivity index (χ4n) is 2.14. The van der Waals surface area contributed by atoms with Gasteiger partial charge in [0.1, 0.15) is 23.2 Å². The molecule has 2 aromatic rings. The Labute approximate surface area is 137 Å². The van der Waals surface area contributed by atoms with Crippen LogP contribution >= 0.6 is 23.1 Å². The quantitative estimate of drug-likeness (QED) is 0.869. The number of fused-ring (bicyclic) bond motifs is 1. The Bertz CT molecular complexity index is 687. The summed E-state index contributed by atoms with van der Waals surface area (Å²) in [5, 5.41) is 4.73. The van der Waals surface area contributed by atoms with Gasteiger partial charge in [-0.15, -0.1) is 11.3 Å². The molecule has 5 nitrogen and oxygen atoms in total. The normalized spacial score (nSPS) is 14.5. The monoisotopic (exact) mass is 336 g/mol. The molecule has 0 saturated carbocycles. The Kier molecular flexibility index (Phi) is 4.54. The van der Waals surface area contributed by atoms with Crippen LogP contribution in [0.25, 0.3) is 0 Å². The number of thioether (sulfide) groups is 1. The average molecular weight is 336 g/mol. The molecular weight excluding hydrogens is 320 g/mol. The number of thiazole rings is 1. The summed E-state index contributed by atoms with van der Waals surface area (Å²) in [6, 6.07) is 5.59. The number of hydrogen-bond donors (Lipinski definition) is 1. The van der Waals surface area contributed by atoms with Crippen molar-refractivity contribution >= 4 is 29.0 Å². The van der Waals surface area contributed by atoms with Crippen molar-refractivity contribution in [1.82, 2.24) is 10.3 Å². The molecule has 0 saturated heterocycles. The zero-order chi connectivity index (χ0) is 15.5. The number of aromatic nitrogens is 1. The second-order valence-corrected chi connectivity index (χ2v) is 6.71. The van der Waals surface area contributed by atoms with Crippen molar-refractivity contribution in [1.29, 1.82) is 0 Å². The maximum Gasteiger partial charge on any atom is 0.271 e. The fraction of sp³-hybridized carbons (Fsp3) is 0.333. The maximum atomic E-state index is 12.2. The van der Waals surface area contributed by atoms with E-state index in [1.54, 1.807) is 5.38 Å². The topological polar surface area (TPSA) is 60.5 Å². The first kappa shape index (κ1) is 15.2. The van der Waals surface area contributed by atoms with E-state index in [9.17, 15) is 4.79 Å². The zero-order valence-electron chi connectivity index (χ0n) is 12.3. The van der Waals surface area contributed by atoms with E-state index < -0.39 is 0 Å². The molecule has 1 N–H and O–H groups in total. The van der Waals surface area contributed by atoms with Crippen LogP contribution in [0.15, 0.2) is 27.9 Å². The van der Waals surface area contributed by atoms with E-state index in [0.29, 0.717) is 18.9 Å². The van der Waals surface area contributed by atoms with Crippen molar-refractivity contribution in [2.75, 3.05) is 19.5 Å². The molecule has 0 unspecified atom stereocenters. The Balaban J connectivity index is 1.71. The Hall–Kier alpha value is -1.73. The van der Waals surface area contributed by atoms with Crippen LogP contribution in [0.1, 0.15) is 29.0 Å². The van der Waals surface area contributed by atoms with Crippen LogP contribution in [0, 0.1) is 0 Å². The number of nitrogens with one attached hydrogen (secondary N) is 1. The van der Waals surface area contributed by atoms with Gasteiger partial charge in [0.2, 0.25) is 0 Å². The largest absolute Gasteiger partial charge is 0.486 e. The molecule has 116 valence electrons. The number of hydrogen-bond acceptors (Lipinski definition) is 6. The van der Waals surface area contributed by atoms with Crippen LogP contribution in [0.4, 0.5) is 0 Å². The van der Waals surface area contributed by atoms with Gasteiger partial charge < -0.3 is 14.8 Å². The summed E-state index contributed by atoms with van der Waals surface area (Å²) in [5.74, 6) is 1.31. The molecule has 3 rings (SSSR count). The molecule has 1 aromatic heterocycles. The molecule has 0 aliphatic carbocycles. The van der Waals surface area contributed by atoms with Crippen molar-refractivity contribution in [2.45, 2.75) is 17.3 Å². The van der Waals surface area contributed by atoms with Gasteiger partial charge in [-0.1, -0.05) is 17.8 Å². The number of nitrogens with zero attached hydrogens (tertiary/aromatic N) is 1. The molecule has 1 aliphatic heterocycles. The number of carbonyl (C=O) groups excluding carboxylic acids is 1. The molecule has 1 amide bonds. The third-order valence-corrected chi connectivity index (χ3v) is 5.17. The van der Waals surface area contributed by atoms with Gasteiger partial charge in [0.25, 0.3) is 5.91 Å². The van der Waals surface area contributed by atoms with Gasteiger partial charge in [-0.25, -0.2) is 4.98 Å². The summed E-state index contributed by atoms with van der Waals surface area (Å²) in [4.78, 5) is 16.5. The molecule has 0 radical (unpaired) electrons. The second-order valence-electron chi connectivity index (χ2n) is 4.80. The van der Waals surface area contributed by atoms with Crippen LogP contribution in [0.3, 0.4) is 0 Å². The van der Waals surface area contributed by atoms with Gasteiger partial charge in [-0.3, -0.25) is 4.79 Å². The van der Waals surface area contributed by atoms with Crippen molar-refractivity contribution in [3.63, 3.8) is 0 Å². The SMILES string of the molecule is CSc1nc(C(=O)N[C@H](C)c2ccc3c(c2)OCCO3)cs1. The van der Waals surface area contributed by atoms with E-state index in [0.717, 1.165) is 21.4 Å². The van der Waals surface area contributed by atoms with Crippen LogP contribution in [-0.2, 0) is 0 Å². The molecular formula is C15H16N2O3S2. The van der Waals surface area contributed by atoms with Gasteiger partial charge in [-0.2, -0.15) is 0 Å². The Morgan fingerprint density at radius 3 is 2.86 bits per heavy atom. The van der Waals surface area contributed by atoms with Crippen molar-refractivity contribution in [2.24, 2.45) is 0 Å². The summed E-state index contributed by atoms with van der Waals surface area (Å²) >= 11 is 3.01. The highest BCUT2D eigenvalue weighted by Crippen LogP contribution is 2.32. The van der Waals surface area contributed by atoms with Crippen LogP contribution in [0.2, 0.25) is 0 Å². The minimum absolute atomic E-state index is 0.136. The summed E-state index contributed by atoms with van der Waals surface area (Å²) in [6.45, 7) is 3.05. The lowest BCUT2D eigenvalue weighted by molar-refractivity contribution is 0.0935. The van der Waals surface area contributed by atoms with E-state index in [-0.39, 0.29) is 11.9 Å². The fourth-order valence-corrected chi connectivity index (χ4v) is 3.38. The van der Waals surface area contributed by atoms with Gasteiger partial charge in [0.05, 0.1) is 6.04 Å². The molecule has 1 atom stereocenters. The maximum absolute atomic E-state index is 12.2. The summed E-state index contributed by atoms with van der Waals surface area (Å²) in [7, 11) is 0. The van der Waals surface area contributed by atoms with E-state index in [1.807, 2.05) is 31.4 Å². The van der Waals surface area contributed by atoms with Crippen molar-refractivity contribution in [3.8, 4) is 11.5 Å². The minimum atomic E-state index is -0.168. The zero-order valence-corrected chi connectivity index (χ0v) is 13.9. The lowest BCUT2D eigenvalue weighted by Crippen LogP contribution is -2.27. The third-order valence-electron chi connectivity index (χ3n) is 3.30. The van der Waals surface area contributed by atoms with Crippen LogP contribution in [0.5, 0.6) is 11.5 Å². The Morgan fingerprint density at radius 1 is 1.36 bits per heavy atom. The molecule has 2 heterocycles. The van der Waals surface area contributed by atoms with E-state index in [4.69, 9.17) is 9.47 Å². The average Bonchev–Trinajstić information content (AvgIpc) is 3.03. The molecule has 1 aliphatic rings. The first-order chi connectivity index (χ1) is 10.7. The Morgan fingerprint density at radius 2 is 2.14 bits per heavy atom. The van der Waals surface area contributed by atoms with E-state index >= 15 is 0 Å². The highest BCUT2D eigenvalue weighted by atomic mass is 32.2. The predicted molar refractivity (Wildman–Crippen MR) is 87.2 cm³/mol. The summed E-state index contributed by atoms with van der Waals surface area (Å²) in [6.07, 6.45) is 1.94. The van der Waals surface area contributed by atoms with Crippen molar-refractivity contribution in [3.05, 3.63) is 34.8 Å². The second kappa shape index (κ2) is 6.58. The smallest absolute Gasteiger partial charge is 0.271 e. The molecule has 0 fully saturated rings. The van der Waals surface area contributed by atoms with Gasteiger partial charge in [-0.05, 0) is 30.9 Å². The number of benzene rings is 1. The molecule has 22 heavy (non-hydrogen) atoms. The molecule has 1 aromatic carbocycles.